The highest BCUT2D eigenvalue weighted by Crippen LogP contribution is 2.29. The van der Waals surface area contributed by atoms with Gasteiger partial charge in [-0.25, -0.2) is 0 Å². The van der Waals surface area contributed by atoms with Gasteiger partial charge in [0, 0.05) is 0 Å². The number of aliphatic hydroxyl groups is 1. The first-order chi connectivity index (χ1) is 7.10. The van der Waals surface area contributed by atoms with Crippen molar-refractivity contribution in [1.29, 1.82) is 0 Å². The molecule has 0 fully saturated rings. The first-order valence-electron chi connectivity index (χ1n) is 4.94. The number of benzene rings is 1. The van der Waals surface area contributed by atoms with E-state index >= 15 is 0 Å². The molecule has 2 rings (SSSR count). The van der Waals surface area contributed by atoms with Crippen LogP contribution in [0.1, 0.15) is 23.8 Å². The van der Waals surface area contributed by atoms with Crippen LogP contribution in [0.2, 0.25) is 0 Å². The quantitative estimate of drug-likeness (QED) is 0.812. The largest absolute Gasteiger partial charge is 0.466 e. The van der Waals surface area contributed by atoms with E-state index in [2.05, 4.69) is 0 Å². The Labute approximate surface area is 89.2 Å². The summed E-state index contributed by atoms with van der Waals surface area (Å²) in [6.07, 6.45) is 1.57. The summed E-state index contributed by atoms with van der Waals surface area (Å²) in [7, 11) is 0. The Morgan fingerprint density at radius 3 is 2.33 bits per heavy atom. The summed E-state index contributed by atoms with van der Waals surface area (Å²) in [5.74, 6) is 0.561. The molecule has 1 atom stereocenters. The molecule has 2 aromatic rings. The highest BCUT2D eigenvalue weighted by molar-refractivity contribution is 5.31. The fraction of sp³-hybridized carbons (Fsp3) is 0.231. The Balaban J connectivity index is 2.41. The highest BCUT2D eigenvalue weighted by Gasteiger charge is 2.28. The molecule has 0 spiro atoms. The van der Waals surface area contributed by atoms with Crippen LogP contribution in [0.15, 0.2) is 47.1 Å². The predicted molar refractivity (Wildman–Crippen MR) is 58.6 cm³/mol. The van der Waals surface area contributed by atoms with E-state index in [1.165, 1.54) is 5.56 Å². The fourth-order valence-electron chi connectivity index (χ4n) is 1.58. The van der Waals surface area contributed by atoms with Gasteiger partial charge in [0.15, 0.2) is 0 Å². The van der Waals surface area contributed by atoms with Gasteiger partial charge in [0.2, 0.25) is 0 Å². The van der Waals surface area contributed by atoms with Gasteiger partial charge in [-0.05, 0) is 31.5 Å². The van der Waals surface area contributed by atoms with Crippen LogP contribution in [0.3, 0.4) is 0 Å². The van der Waals surface area contributed by atoms with Crippen LogP contribution >= 0.6 is 0 Å². The molecule has 2 nitrogen and oxygen atoms in total. The molecular formula is C13H14O2. The monoisotopic (exact) mass is 202 g/mol. The molecule has 0 aliphatic carbocycles. The molecule has 0 saturated heterocycles. The number of hydrogen-bond acceptors (Lipinski definition) is 2. The van der Waals surface area contributed by atoms with Crippen molar-refractivity contribution in [3.63, 3.8) is 0 Å². The van der Waals surface area contributed by atoms with Crippen molar-refractivity contribution in [2.75, 3.05) is 0 Å². The van der Waals surface area contributed by atoms with Gasteiger partial charge in [0.25, 0.3) is 0 Å². The van der Waals surface area contributed by atoms with Crippen LogP contribution in [0.5, 0.6) is 0 Å². The smallest absolute Gasteiger partial charge is 0.144 e. The van der Waals surface area contributed by atoms with Crippen molar-refractivity contribution >= 4 is 0 Å². The molecule has 1 unspecified atom stereocenters. The minimum atomic E-state index is -1.06. The minimum Gasteiger partial charge on any atom is -0.466 e. The topological polar surface area (TPSA) is 33.4 Å². The van der Waals surface area contributed by atoms with Crippen molar-refractivity contribution < 1.29 is 9.52 Å². The number of hydrogen-bond donors (Lipinski definition) is 1. The Morgan fingerprint density at radius 1 is 1.13 bits per heavy atom. The molecule has 1 aromatic carbocycles. The van der Waals surface area contributed by atoms with E-state index < -0.39 is 5.60 Å². The van der Waals surface area contributed by atoms with Crippen molar-refractivity contribution in [3.05, 3.63) is 59.5 Å². The molecule has 1 heterocycles. The van der Waals surface area contributed by atoms with E-state index in [1.807, 2.05) is 31.2 Å². The third-order valence-electron chi connectivity index (χ3n) is 2.61. The second-order valence-electron chi connectivity index (χ2n) is 3.92. The lowest BCUT2D eigenvalue weighted by Gasteiger charge is -2.21. The van der Waals surface area contributed by atoms with E-state index in [9.17, 15) is 5.11 Å². The van der Waals surface area contributed by atoms with Crippen molar-refractivity contribution in [2.24, 2.45) is 0 Å². The van der Waals surface area contributed by atoms with Gasteiger partial charge in [0.05, 0.1) is 6.26 Å². The summed E-state index contributed by atoms with van der Waals surface area (Å²) >= 11 is 0. The Morgan fingerprint density at radius 2 is 1.80 bits per heavy atom. The van der Waals surface area contributed by atoms with Crippen LogP contribution < -0.4 is 0 Å². The zero-order chi connectivity index (χ0) is 10.9. The molecule has 0 radical (unpaired) electrons. The lowest BCUT2D eigenvalue weighted by Crippen LogP contribution is -2.21. The third-order valence-corrected chi connectivity index (χ3v) is 2.61. The molecule has 1 aromatic heterocycles. The van der Waals surface area contributed by atoms with E-state index in [4.69, 9.17) is 4.42 Å². The SMILES string of the molecule is Cc1ccc(C(C)(O)c2ccco2)cc1. The average Bonchev–Trinajstić information content (AvgIpc) is 2.71. The van der Waals surface area contributed by atoms with E-state index in [0.29, 0.717) is 5.76 Å². The maximum atomic E-state index is 10.3. The van der Waals surface area contributed by atoms with E-state index in [-0.39, 0.29) is 0 Å². The summed E-state index contributed by atoms with van der Waals surface area (Å²) in [5.41, 5.74) is 0.953. The number of aryl methyl sites for hydroxylation is 1. The van der Waals surface area contributed by atoms with Crippen molar-refractivity contribution in [3.8, 4) is 0 Å². The number of furan rings is 1. The van der Waals surface area contributed by atoms with Crippen molar-refractivity contribution in [2.45, 2.75) is 19.4 Å². The fourth-order valence-corrected chi connectivity index (χ4v) is 1.58. The first kappa shape index (κ1) is 9.99. The Bertz CT molecular complexity index is 424. The van der Waals surface area contributed by atoms with Crippen LogP contribution in [0.4, 0.5) is 0 Å². The van der Waals surface area contributed by atoms with Crippen LogP contribution in [-0.2, 0) is 5.60 Å². The zero-order valence-electron chi connectivity index (χ0n) is 8.90. The van der Waals surface area contributed by atoms with Crippen LogP contribution in [-0.4, -0.2) is 5.11 Å². The summed E-state index contributed by atoms with van der Waals surface area (Å²) in [4.78, 5) is 0. The predicted octanol–water partition coefficient (Wildman–Crippen LogP) is 2.84. The average molecular weight is 202 g/mol. The van der Waals surface area contributed by atoms with Crippen LogP contribution in [0, 0.1) is 6.92 Å². The lowest BCUT2D eigenvalue weighted by atomic mass is 9.93. The van der Waals surface area contributed by atoms with Gasteiger partial charge >= 0.3 is 0 Å². The molecule has 0 amide bonds. The third kappa shape index (κ3) is 1.81. The molecular weight excluding hydrogens is 188 g/mol. The molecule has 15 heavy (non-hydrogen) atoms. The zero-order valence-corrected chi connectivity index (χ0v) is 8.90. The maximum Gasteiger partial charge on any atom is 0.144 e. The molecule has 78 valence electrons. The summed E-state index contributed by atoms with van der Waals surface area (Å²) in [5, 5.41) is 10.3. The maximum absolute atomic E-state index is 10.3. The van der Waals surface area contributed by atoms with Gasteiger partial charge in [-0.1, -0.05) is 29.8 Å². The highest BCUT2D eigenvalue weighted by atomic mass is 16.4. The van der Waals surface area contributed by atoms with Crippen LogP contribution in [0.25, 0.3) is 0 Å². The summed E-state index contributed by atoms with van der Waals surface area (Å²) in [6.45, 7) is 3.75. The van der Waals surface area contributed by atoms with Gasteiger partial charge in [-0.2, -0.15) is 0 Å². The molecule has 1 N–H and O–H groups in total. The molecule has 0 aliphatic heterocycles. The molecule has 0 saturated carbocycles. The van der Waals surface area contributed by atoms with Gasteiger partial charge in [-0.3, -0.25) is 0 Å². The summed E-state index contributed by atoms with van der Waals surface area (Å²) < 4.78 is 5.23. The number of rotatable bonds is 2. The Kier molecular flexibility index (Phi) is 2.37. The van der Waals surface area contributed by atoms with Gasteiger partial charge < -0.3 is 9.52 Å². The molecule has 0 aliphatic rings. The Hall–Kier alpha value is -1.54. The van der Waals surface area contributed by atoms with Gasteiger partial charge in [0.1, 0.15) is 11.4 Å². The van der Waals surface area contributed by atoms with Gasteiger partial charge in [-0.15, -0.1) is 0 Å². The molecule has 2 heteroatoms. The normalized spacial score (nSPS) is 14.9. The summed E-state index contributed by atoms with van der Waals surface area (Å²) in [6, 6.07) is 11.3. The first-order valence-corrected chi connectivity index (χ1v) is 4.94. The second-order valence-corrected chi connectivity index (χ2v) is 3.92. The lowest BCUT2D eigenvalue weighted by molar-refractivity contribution is 0.0767. The second kappa shape index (κ2) is 3.55. The molecule has 0 bridgehead atoms. The minimum absolute atomic E-state index is 0.561. The van der Waals surface area contributed by atoms with E-state index in [0.717, 1.165) is 5.56 Å². The standard InChI is InChI=1S/C13H14O2/c1-10-5-7-11(8-6-10)13(2,14)12-4-3-9-15-12/h3-9,14H,1-2H3. The van der Waals surface area contributed by atoms with E-state index in [1.54, 1.807) is 25.3 Å². The van der Waals surface area contributed by atoms with Crippen molar-refractivity contribution in [1.82, 2.24) is 0 Å².